The number of carbonyl (C=O) groups is 2. The molecule has 126 valence electrons. The quantitative estimate of drug-likeness (QED) is 0.590. The minimum atomic E-state index is -0.0852. The summed E-state index contributed by atoms with van der Waals surface area (Å²) in [6.07, 6.45) is 2.00. The maximum absolute atomic E-state index is 12.5. The number of thioether (sulfide) groups is 1. The molecular formula is C19H21NO3S. The van der Waals surface area contributed by atoms with E-state index >= 15 is 0 Å². The fourth-order valence-electron chi connectivity index (χ4n) is 2.39. The van der Waals surface area contributed by atoms with Gasteiger partial charge < -0.3 is 9.64 Å². The van der Waals surface area contributed by atoms with Gasteiger partial charge in [-0.3, -0.25) is 9.59 Å². The van der Waals surface area contributed by atoms with Crippen molar-refractivity contribution in [3.8, 4) is 5.75 Å². The van der Waals surface area contributed by atoms with Gasteiger partial charge >= 0.3 is 0 Å². The van der Waals surface area contributed by atoms with Gasteiger partial charge in [0.1, 0.15) is 5.75 Å². The van der Waals surface area contributed by atoms with Crippen molar-refractivity contribution in [2.75, 3.05) is 20.4 Å². The van der Waals surface area contributed by atoms with Gasteiger partial charge in [-0.15, -0.1) is 11.8 Å². The second-order valence-corrected chi connectivity index (χ2v) is 6.33. The first-order chi connectivity index (χ1) is 11.5. The highest BCUT2D eigenvalue weighted by Gasteiger charge is 2.13. The number of hydrogen-bond donors (Lipinski definition) is 0. The molecule has 0 radical (unpaired) electrons. The summed E-state index contributed by atoms with van der Waals surface area (Å²) in [5.41, 5.74) is 2.17. The highest BCUT2D eigenvalue weighted by atomic mass is 32.2. The number of ether oxygens (including phenoxy) is 1. The smallest absolute Gasteiger partial charge is 0.253 e. The Morgan fingerprint density at radius 1 is 1.08 bits per heavy atom. The predicted octanol–water partition coefficient (Wildman–Crippen LogP) is 3.89. The molecule has 0 heterocycles. The molecule has 2 aromatic carbocycles. The summed E-state index contributed by atoms with van der Waals surface area (Å²) in [7, 11) is 3.40. The number of hydrogen-bond acceptors (Lipinski definition) is 4. The van der Waals surface area contributed by atoms with E-state index < -0.39 is 0 Å². The number of carbonyl (C=O) groups excluding carboxylic acids is 2. The summed E-state index contributed by atoms with van der Waals surface area (Å²) in [6.45, 7) is 1.99. The van der Waals surface area contributed by atoms with Gasteiger partial charge in [-0.25, -0.2) is 0 Å². The number of methoxy groups -OCH3 is 1. The third-order valence-corrected chi connectivity index (χ3v) is 4.53. The Bertz CT molecular complexity index is 741. The van der Waals surface area contributed by atoms with Gasteiger partial charge in [-0.1, -0.05) is 18.2 Å². The zero-order valence-corrected chi connectivity index (χ0v) is 15.1. The number of ketones is 1. The number of benzene rings is 2. The molecule has 0 spiro atoms. The SMILES string of the molecule is COc1cc(CN(C)C(=O)c2ccc(C(C)=O)cc2)ccc1SC. The molecule has 24 heavy (non-hydrogen) atoms. The van der Waals surface area contributed by atoms with E-state index in [1.54, 1.807) is 55.1 Å². The van der Waals surface area contributed by atoms with Crippen molar-refractivity contribution in [1.82, 2.24) is 4.90 Å². The lowest BCUT2D eigenvalue weighted by Gasteiger charge is -2.18. The van der Waals surface area contributed by atoms with E-state index in [4.69, 9.17) is 4.74 Å². The van der Waals surface area contributed by atoms with E-state index in [1.165, 1.54) is 6.92 Å². The standard InChI is InChI=1S/C19H21NO3S/c1-13(21)15-6-8-16(9-7-15)19(22)20(2)12-14-5-10-18(24-4)17(11-14)23-3/h5-11H,12H2,1-4H3. The van der Waals surface area contributed by atoms with Crippen LogP contribution in [-0.4, -0.2) is 37.0 Å². The number of nitrogens with zero attached hydrogens (tertiary/aromatic N) is 1. The van der Waals surface area contributed by atoms with E-state index in [0.29, 0.717) is 17.7 Å². The van der Waals surface area contributed by atoms with Crippen LogP contribution >= 0.6 is 11.8 Å². The Kier molecular flexibility index (Phi) is 6.04. The molecule has 0 aliphatic heterocycles. The molecule has 1 amide bonds. The highest BCUT2D eigenvalue weighted by Crippen LogP contribution is 2.28. The second-order valence-electron chi connectivity index (χ2n) is 5.48. The highest BCUT2D eigenvalue weighted by molar-refractivity contribution is 7.98. The molecule has 0 N–H and O–H groups in total. The molecule has 0 bridgehead atoms. The lowest BCUT2D eigenvalue weighted by Crippen LogP contribution is -2.26. The van der Waals surface area contributed by atoms with E-state index in [-0.39, 0.29) is 11.7 Å². The van der Waals surface area contributed by atoms with Crippen LogP contribution in [0.15, 0.2) is 47.4 Å². The lowest BCUT2D eigenvalue weighted by molar-refractivity contribution is 0.0784. The molecule has 0 aliphatic rings. The fourth-order valence-corrected chi connectivity index (χ4v) is 2.94. The summed E-state index contributed by atoms with van der Waals surface area (Å²) in [5, 5.41) is 0. The Labute approximate surface area is 146 Å². The van der Waals surface area contributed by atoms with Gasteiger partial charge in [-0.2, -0.15) is 0 Å². The average Bonchev–Trinajstić information content (AvgIpc) is 2.60. The monoisotopic (exact) mass is 343 g/mol. The summed E-state index contributed by atoms with van der Waals surface area (Å²) in [5.74, 6) is 0.716. The third kappa shape index (κ3) is 4.17. The molecule has 0 fully saturated rings. The van der Waals surface area contributed by atoms with Gasteiger partial charge in [0.05, 0.1) is 7.11 Å². The topological polar surface area (TPSA) is 46.6 Å². The first kappa shape index (κ1) is 18.1. The van der Waals surface area contributed by atoms with Crippen molar-refractivity contribution < 1.29 is 14.3 Å². The van der Waals surface area contributed by atoms with Crippen LogP contribution in [0.2, 0.25) is 0 Å². The van der Waals surface area contributed by atoms with E-state index in [2.05, 4.69) is 0 Å². The van der Waals surface area contributed by atoms with Crippen LogP contribution in [-0.2, 0) is 6.54 Å². The van der Waals surface area contributed by atoms with Crippen LogP contribution in [0.5, 0.6) is 5.75 Å². The van der Waals surface area contributed by atoms with Crippen LogP contribution in [0.3, 0.4) is 0 Å². The van der Waals surface area contributed by atoms with Crippen LogP contribution in [0.25, 0.3) is 0 Å². The van der Waals surface area contributed by atoms with E-state index in [9.17, 15) is 9.59 Å². The van der Waals surface area contributed by atoms with Crippen LogP contribution in [0.1, 0.15) is 33.2 Å². The van der Waals surface area contributed by atoms with Crippen molar-refractivity contribution in [2.45, 2.75) is 18.4 Å². The third-order valence-electron chi connectivity index (χ3n) is 3.75. The Hall–Kier alpha value is -2.27. The van der Waals surface area contributed by atoms with Crippen molar-refractivity contribution in [1.29, 1.82) is 0 Å². The van der Waals surface area contributed by atoms with Crippen molar-refractivity contribution in [3.63, 3.8) is 0 Å². The predicted molar refractivity (Wildman–Crippen MR) is 97.0 cm³/mol. The first-order valence-corrected chi connectivity index (χ1v) is 8.76. The fraction of sp³-hybridized carbons (Fsp3) is 0.263. The summed E-state index contributed by atoms with van der Waals surface area (Å²) >= 11 is 1.62. The Morgan fingerprint density at radius 3 is 2.25 bits per heavy atom. The number of rotatable bonds is 6. The summed E-state index contributed by atoms with van der Waals surface area (Å²) in [4.78, 5) is 26.5. The first-order valence-electron chi connectivity index (χ1n) is 7.53. The van der Waals surface area contributed by atoms with Crippen molar-refractivity contribution in [2.24, 2.45) is 0 Å². The molecular weight excluding hydrogens is 322 g/mol. The van der Waals surface area contributed by atoms with Gasteiger partial charge in [0.15, 0.2) is 5.78 Å². The normalized spacial score (nSPS) is 10.3. The minimum absolute atomic E-state index is 0.0108. The van der Waals surface area contributed by atoms with Gasteiger partial charge in [-0.05, 0) is 43.0 Å². The van der Waals surface area contributed by atoms with Crippen molar-refractivity contribution in [3.05, 3.63) is 59.2 Å². The maximum atomic E-state index is 12.5. The number of amides is 1. The zero-order chi connectivity index (χ0) is 17.7. The zero-order valence-electron chi connectivity index (χ0n) is 14.3. The molecule has 5 heteroatoms. The van der Waals surface area contributed by atoms with Gasteiger partial charge in [0.2, 0.25) is 0 Å². The molecule has 4 nitrogen and oxygen atoms in total. The van der Waals surface area contributed by atoms with E-state index in [0.717, 1.165) is 16.2 Å². The molecule has 2 aromatic rings. The van der Waals surface area contributed by atoms with Crippen LogP contribution in [0, 0.1) is 0 Å². The minimum Gasteiger partial charge on any atom is -0.496 e. The molecule has 0 saturated carbocycles. The van der Waals surface area contributed by atoms with Crippen molar-refractivity contribution >= 4 is 23.5 Å². The maximum Gasteiger partial charge on any atom is 0.253 e. The van der Waals surface area contributed by atoms with E-state index in [1.807, 2.05) is 24.5 Å². The van der Waals surface area contributed by atoms with Crippen LogP contribution < -0.4 is 4.74 Å². The Morgan fingerprint density at radius 2 is 1.71 bits per heavy atom. The van der Waals surface area contributed by atoms with Crippen LogP contribution in [0.4, 0.5) is 0 Å². The second kappa shape index (κ2) is 8.02. The molecule has 0 atom stereocenters. The summed E-state index contributed by atoms with van der Waals surface area (Å²) < 4.78 is 5.38. The Balaban J connectivity index is 2.12. The molecule has 0 aliphatic carbocycles. The molecule has 0 saturated heterocycles. The largest absolute Gasteiger partial charge is 0.496 e. The van der Waals surface area contributed by atoms with Gasteiger partial charge in [0.25, 0.3) is 5.91 Å². The molecule has 0 aromatic heterocycles. The summed E-state index contributed by atoms with van der Waals surface area (Å²) in [6, 6.07) is 12.7. The molecule has 0 unspecified atom stereocenters. The average molecular weight is 343 g/mol. The lowest BCUT2D eigenvalue weighted by atomic mass is 10.1. The van der Waals surface area contributed by atoms with Gasteiger partial charge in [0, 0.05) is 29.6 Å². The molecule has 2 rings (SSSR count). The number of Topliss-reactive ketones (excluding diaryl/α,β-unsaturated/α-hetero) is 1.